The van der Waals surface area contributed by atoms with E-state index in [4.69, 9.17) is 10.00 Å². The molecule has 0 saturated carbocycles. The van der Waals surface area contributed by atoms with Gasteiger partial charge in [0, 0.05) is 12.6 Å². The Kier molecular flexibility index (Phi) is 4.63. The Bertz CT molecular complexity index is 606. The molecule has 0 spiro atoms. The van der Waals surface area contributed by atoms with Gasteiger partial charge < -0.3 is 10.1 Å². The van der Waals surface area contributed by atoms with Crippen LogP contribution < -0.4 is 10.1 Å². The van der Waals surface area contributed by atoms with Gasteiger partial charge in [-0.25, -0.2) is 8.42 Å². The highest BCUT2D eigenvalue weighted by Gasteiger charge is 2.22. The second kappa shape index (κ2) is 6.25. The molecule has 2 rings (SSSR count). The average molecular weight is 294 g/mol. The van der Waals surface area contributed by atoms with Crippen molar-refractivity contribution in [3.63, 3.8) is 0 Å². The zero-order chi connectivity index (χ0) is 14.6. The molecule has 1 aliphatic rings. The lowest BCUT2D eigenvalue weighted by molar-refractivity contribution is 0.412. The van der Waals surface area contributed by atoms with E-state index in [1.54, 1.807) is 13.2 Å². The summed E-state index contributed by atoms with van der Waals surface area (Å²) in [5, 5.41) is 12.3. The molecular weight excluding hydrogens is 276 g/mol. The van der Waals surface area contributed by atoms with Crippen LogP contribution in [0.1, 0.15) is 24.0 Å². The van der Waals surface area contributed by atoms with Crippen molar-refractivity contribution in [1.29, 1.82) is 5.26 Å². The van der Waals surface area contributed by atoms with E-state index in [9.17, 15) is 8.42 Å². The Morgan fingerprint density at radius 3 is 2.70 bits per heavy atom. The van der Waals surface area contributed by atoms with Crippen molar-refractivity contribution in [3.05, 3.63) is 29.3 Å². The molecule has 1 aliphatic heterocycles. The molecule has 0 unspecified atom stereocenters. The smallest absolute Gasteiger partial charge is 0.150 e. The first kappa shape index (κ1) is 14.8. The summed E-state index contributed by atoms with van der Waals surface area (Å²) in [4.78, 5) is 0. The predicted molar refractivity (Wildman–Crippen MR) is 76.2 cm³/mol. The molecule has 0 bridgehead atoms. The molecule has 0 radical (unpaired) electrons. The minimum Gasteiger partial charge on any atom is -0.495 e. The lowest BCUT2D eigenvalue weighted by Crippen LogP contribution is -2.37. The number of nitriles is 1. The number of ether oxygens (including phenoxy) is 1. The van der Waals surface area contributed by atoms with Gasteiger partial charge in [-0.3, -0.25) is 0 Å². The topological polar surface area (TPSA) is 79.2 Å². The molecule has 1 aromatic rings. The number of hydrogen-bond donors (Lipinski definition) is 1. The maximum Gasteiger partial charge on any atom is 0.150 e. The summed E-state index contributed by atoms with van der Waals surface area (Å²) in [5.41, 5.74) is 1.54. The lowest BCUT2D eigenvalue weighted by atomic mass is 10.1. The van der Waals surface area contributed by atoms with Gasteiger partial charge in [0.1, 0.15) is 21.7 Å². The molecule has 108 valence electrons. The van der Waals surface area contributed by atoms with E-state index in [0.717, 1.165) is 5.56 Å². The van der Waals surface area contributed by atoms with Crippen molar-refractivity contribution < 1.29 is 13.2 Å². The molecule has 1 heterocycles. The molecule has 0 amide bonds. The van der Waals surface area contributed by atoms with Gasteiger partial charge in [-0.1, -0.05) is 6.07 Å². The van der Waals surface area contributed by atoms with Gasteiger partial charge in [0.2, 0.25) is 0 Å². The second-order valence-corrected chi connectivity index (χ2v) is 7.26. The molecule has 0 aliphatic carbocycles. The van der Waals surface area contributed by atoms with E-state index in [0.29, 0.717) is 30.7 Å². The number of sulfone groups is 1. The monoisotopic (exact) mass is 294 g/mol. The third-order valence-corrected chi connectivity index (χ3v) is 5.25. The summed E-state index contributed by atoms with van der Waals surface area (Å²) in [7, 11) is -1.27. The number of methoxy groups -OCH3 is 1. The Morgan fingerprint density at radius 2 is 2.10 bits per heavy atom. The van der Waals surface area contributed by atoms with E-state index in [1.165, 1.54) is 0 Å². The Labute approximate surface area is 119 Å². The van der Waals surface area contributed by atoms with Crippen molar-refractivity contribution >= 4 is 9.84 Å². The van der Waals surface area contributed by atoms with E-state index in [2.05, 4.69) is 11.4 Å². The van der Waals surface area contributed by atoms with Crippen molar-refractivity contribution in [2.45, 2.75) is 25.4 Å². The largest absolute Gasteiger partial charge is 0.495 e. The SMILES string of the molecule is COc1cc(CNC2CCS(=O)(=O)CC2)ccc1C#N. The normalized spacial score (nSPS) is 18.4. The molecular formula is C14H18N2O3S. The van der Waals surface area contributed by atoms with E-state index in [1.807, 2.05) is 12.1 Å². The van der Waals surface area contributed by atoms with Gasteiger partial charge in [-0.15, -0.1) is 0 Å². The van der Waals surface area contributed by atoms with E-state index >= 15 is 0 Å². The maximum absolute atomic E-state index is 11.3. The first-order valence-corrected chi connectivity index (χ1v) is 8.37. The van der Waals surface area contributed by atoms with E-state index in [-0.39, 0.29) is 17.5 Å². The molecule has 0 aromatic heterocycles. The van der Waals surface area contributed by atoms with Gasteiger partial charge >= 0.3 is 0 Å². The molecule has 1 saturated heterocycles. The molecule has 1 fully saturated rings. The van der Waals surface area contributed by atoms with Gasteiger partial charge in [0.25, 0.3) is 0 Å². The quantitative estimate of drug-likeness (QED) is 0.903. The maximum atomic E-state index is 11.3. The van der Waals surface area contributed by atoms with E-state index < -0.39 is 9.84 Å². The minimum atomic E-state index is -2.81. The number of rotatable bonds is 4. The van der Waals surface area contributed by atoms with Gasteiger partial charge in [0.05, 0.1) is 24.2 Å². The molecule has 5 nitrogen and oxygen atoms in total. The number of benzene rings is 1. The lowest BCUT2D eigenvalue weighted by Gasteiger charge is -2.23. The highest BCUT2D eigenvalue weighted by Crippen LogP contribution is 2.20. The molecule has 1 N–H and O–H groups in total. The highest BCUT2D eigenvalue weighted by atomic mass is 32.2. The minimum absolute atomic E-state index is 0.236. The summed E-state index contributed by atoms with van der Waals surface area (Å²) < 4.78 is 27.9. The summed E-state index contributed by atoms with van der Waals surface area (Å²) in [6.45, 7) is 0.646. The summed E-state index contributed by atoms with van der Waals surface area (Å²) in [6, 6.07) is 7.77. The first-order valence-electron chi connectivity index (χ1n) is 6.55. The fourth-order valence-corrected chi connectivity index (χ4v) is 3.79. The molecule has 1 aromatic carbocycles. The third kappa shape index (κ3) is 3.71. The number of nitrogens with zero attached hydrogens (tertiary/aromatic N) is 1. The van der Waals surface area contributed by atoms with Crippen molar-refractivity contribution in [1.82, 2.24) is 5.32 Å². The summed E-state index contributed by atoms with van der Waals surface area (Å²) in [5.74, 6) is 1.10. The number of nitrogens with one attached hydrogen (secondary N) is 1. The fourth-order valence-electron chi connectivity index (χ4n) is 2.29. The first-order chi connectivity index (χ1) is 9.54. The van der Waals surface area contributed by atoms with Crippen LogP contribution in [0.4, 0.5) is 0 Å². The zero-order valence-corrected chi connectivity index (χ0v) is 12.2. The van der Waals surface area contributed by atoms with Crippen LogP contribution in [0.5, 0.6) is 5.75 Å². The summed E-state index contributed by atoms with van der Waals surface area (Å²) >= 11 is 0. The van der Waals surface area contributed by atoms with Crippen LogP contribution in [0.2, 0.25) is 0 Å². The van der Waals surface area contributed by atoms with Gasteiger partial charge in [-0.2, -0.15) is 5.26 Å². The standard InChI is InChI=1S/C14H18N2O3S/c1-19-14-8-11(2-3-12(14)9-15)10-16-13-4-6-20(17,18)7-5-13/h2-3,8,13,16H,4-7,10H2,1H3. The summed E-state index contributed by atoms with van der Waals surface area (Å²) in [6.07, 6.45) is 1.32. The molecule has 20 heavy (non-hydrogen) atoms. The Hall–Kier alpha value is -1.58. The van der Waals surface area contributed by atoms with Crippen molar-refractivity contribution in [3.8, 4) is 11.8 Å². The third-order valence-electron chi connectivity index (χ3n) is 3.54. The van der Waals surface area contributed by atoms with Crippen LogP contribution in [0.25, 0.3) is 0 Å². The molecule has 0 atom stereocenters. The van der Waals surface area contributed by atoms with Crippen molar-refractivity contribution in [2.75, 3.05) is 18.6 Å². The van der Waals surface area contributed by atoms with Crippen LogP contribution in [0, 0.1) is 11.3 Å². The highest BCUT2D eigenvalue weighted by molar-refractivity contribution is 7.91. The number of hydrogen-bond acceptors (Lipinski definition) is 5. The Morgan fingerprint density at radius 1 is 1.40 bits per heavy atom. The van der Waals surface area contributed by atoms with Crippen LogP contribution in [0.3, 0.4) is 0 Å². The zero-order valence-electron chi connectivity index (χ0n) is 11.4. The van der Waals surface area contributed by atoms with Gasteiger partial charge in [-0.05, 0) is 30.5 Å². The van der Waals surface area contributed by atoms with Gasteiger partial charge in [0.15, 0.2) is 0 Å². The van der Waals surface area contributed by atoms with Crippen LogP contribution >= 0.6 is 0 Å². The Balaban J connectivity index is 1.93. The predicted octanol–water partition coefficient (Wildman–Crippen LogP) is 1.23. The van der Waals surface area contributed by atoms with Crippen molar-refractivity contribution in [2.24, 2.45) is 0 Å². The average Bonchev–Trinajstić information content (AvgIpc) is 2.45. The second-order valence-electron chi connectivity index (χ2n) is 4.95. The van der Waals surface area contributed by atoms with Crippen LogP contribution in [0.15, 0.2) is 18.2 Å². The molecule has 6 heteroatoms. The fraction of sp³-hybridized carbons (Fsp3) is 0.500. The van der Waals surface area contributed by atoms with Crippen LogP contribution in [-0.4, -0.2) is 33.1 Å². The van der Waals surface area contributed by atoms with Crippen LogP contribution in [-0.2, 0) is 16.4 Å².